The number of aliphatic hydroxyl groups is 1. The average molecular weight is 516 g/mol. The molecule has 0 saturated carbocycles. The highest BCUT2D eigenvalue weighted by molar-refractivity contribution is 7.89. The zero-order valence-electron chi connectivity index (χ0n) is 19.0. The molecule has 0 radical (unpaired) electrons. The molecule has 1 saturated heterocycles. The first kappa shape index (κ1) is 29.6. The fourth-order valence-corrected chi connectivity index (χ4v) is 5.70. The number of likely N-dealkylation sites (tertiary alicyclic amines) is 1. The Bertz CT molecular complexity index is 876. The van der Waals surface area contributed by atoms with Gasteiger partial charge in [0.05, 0.1) is 23.1 Å². The normalized spacial score (nSPS) is 16.7. The van der Waals surface area contributed by atoms with Crippen molar-refractivity contribution in [2.45, 2.75) is 56.3 Å². The van der Waals surface area contributed by atoms with Gasteiger partial charge in [0.1, 0.15) is 0 Å². The van der Waals surface area contributed by atoms with Crippen LogP contribution in [0.25, 0.3) is 0 Å². The summed E-state index contributed by atoms with van der Waals surface area (Å²) in [7, 11) is -2.54. The van der Waals surface area contributed by atoms with Gasteiger partial charge < -0.3 is 15.3 Å². The van der Waals surface area contributed by atoms with Crippen molar-refractivity contribution in [3.8, 4) is 0 Å². The number of amides is 1. The number of nitrogens with zero attached hydrogens (tertiary/aromatic N) is 2. The Balaban J connectivity index is 0.00000544. The number of sulfonamides is 1. The van der Waals surface area contributed by atoms with Gasteiger partial charge in [0.25, 0.3) is 0 Å². The summed E-state index contributed by atoms with van der Waals surface area (Å²) in [6, 6.07) is 2.76. The van der Waals surface area contributed by atoms with Crippen molar-refractivity contribution in [2.75, 3.05) is 33.3 Å². The molecule has 190 valence electrons. The SMILES string of the molecule is CN[C@@H](CC(C)C)C(=O)N1CCC(N(CCO)S(=O)(=O)c2cccc(C(F)(F)F)c2)CC1.Cl. The van der Waals surface area contributed by atoms with Gasteiger partial charge in [-0.15, -0.1) is 12.4 Å². The molecule has 2 rings (SSSR count). The topological polar surface area (TPSA) is 89.9 Å². The average Bonchev–Trinajstić information content (AvgIpc) is 2.74. The highest BCUT2D eigenvalue weighted by atomic mass is 35.5. The maximum absolute atomic E-state index is 13.1. The van der Waals surface area contributed by atoms with Crippen LogP contribution in [0, 0.1) is 5.92 Å². The Morgan fingerprint density at radius 1 is 1.27 bits per heavy atom. The van der Waals surface area contributed by atoms with Crippen LogP contribution in [0.3, 0.4) is 0 Å². The lowest BCUT2D eigenvalue weighted by atomic mass is 10.00. The van der Waals surface area contributed by atoms with E-state index in [1.54, 1.807) is 11.9 Å². The molecule has 0 unspecified atom stereocenters. The van der Waals surface area contributed by atoms with E-state index >= 15 is 0 Å². The van der Waals surface area contributed by atoms with E-state index in [4.69, 9.17) is 0 Å². The Morgan fingerprint density at radius 3 is 2.36 bits per heavy atom. The molecular formula is C21H33ClF3N3O4S. The standard InChI is InChI=1S/C21H32F3N3O4S.ClH/c1-15(2)13-19(25-3)20(29)26-9-7-17(8-10-26)27(11-12-28)32(30,31)18-6-4-5-16(14-18)21(22,23)24;/h4-6,14-15,17,19,25,28H,7-13H2,1-3H3;1H/t19-;/m0./s1. The number of carbonyl (C=O) groups is 1. The number of alkyl halides is 3. The molecule has 33 heavy (non-hydrogen) atoms. The molecule has 0 bridgehead atoms. The van der Waals surface area contributed by atoms with Gasteiger partial charge in [-0.1, -0.05) is 19.9 Å². The summed E-state index contributed by atoms with van der Waals surface area (Å²) in [6.45, 7) is 4.02. The van der Waals surface area contributed by atoms with Gasteiger partial charge in [-0.2, -0.15) is 17.5 Å². The van der Waals surface area contributed by atoms with Crippen LogP contribution in [0.4, 0.5) is 13.2 Å². The van der Waals surface area contributed by atoms with Gasteiger partial charge in [-0.25, -0.2) is 8.42 Å². The molecule has 0 aromatic heterocycles. The molecule has 1 heterocycles. The number of hydrogen-bond acceptors (Lipinski definition) is 5. The van der Waals surface area contributed by atoms with Crippen LogP contribution in [-0.4, -0.2) is 74.0 Å². The number of piperidine rings is 1. The number of benzene rings is 1. The summed E-state index contributed by atoms with van der Waals surface area (Å²) in [6.07, 6.45) is -3.32. The predicted molar refractivity (Wildman–Crippen MR) is 122 cm³/mol. The van der Waals surface area contributed by atoms with Crippen molar-refractivity contribution in [2.24, 2.45) is 5.92 Å². The highest BCUT2D eigenvalue weighted by Gasteiger charge is 2.37. The number of likely N-dealkylation sites (N-methyl/N-ethyl adjacent to an activating group) is 1. The van der Waals surface area contributed by atoms with Crippen LogP contribution in [0.15, 0.2) is 29.2 Å². The number of nitrogens with one attached hydrogen (secondary N) is 1. The molecule has 1 aromatic carbocycles. The Hall–Kier alpha value is -1.40. The van der Waals surface area contributed by atoms with Crippen LogP contribution < -0.4 is 5.32 Å². The van der Waals surface area contributed by atoms with Crippen molar-refractivity contribution >= 4 is 28.3 Å². The lowest BCUT2D eigenvalue weighted by Crippen LogP contribution is -2.53. The number of carbonyl (C=O) groups excluding carboxylic acids is 1. The predicted octanol–water partition coefficient (Wildman–Crippen LogP) is 2.74. The fourth-order valence-electron chi connectivity index (χ4n) is 3.97. The Kier molecular flexibility index (Phi) is 11.1. The molecule has 1 amide bonds. The largest absolute Gasteiger partial charge is 0.416 e. The number of aliphatic hydroxyl groups excluding tert-OH is 1. The number of hydrogen-bond donors (Lipinski definition) is 2. The van der Waals surface area contributed by atoms with Crippen molar-refractivity contribution in [3.63, 3.8) is 0 Å². The minimum Gasteiger partial charge on any atom is -0.395 e. The minimum atomic E-state index is -4.67. The van der Waals surface area contributed by atoms with Crippen LogP contribution >= 0.6 is 12.4 Å². The van der Waals surface area contributed by atoms with Crippen LogP contribution in [-0.2, 0) is 21.0 Å². The summed E-state index contributed by atoms with van der Waals surface area (Å²) in [5, 5.41) is 12.5. The zero-order valence-corrected chi connectivity index (χ0v) is 20.6. The minimum absolute atomic E-state index is 0. The van der Waals surface area contributed by atoms with Crippen molar-refractivity contribution in [1.29, 1.82) is 0 Å². The van der Waals surface area contributed by atoms with Crippen molar-refractivity contribution in [1.82, 2.24) is 14.5 Å². The highest BCUT2D eigenvalue weighted by Crippen LogP contribution is 2.32. The second kappa shape index (κ2) is 12.3. The van der Waals surface area contributed by atoms with Gasteiger partial charge in [0.15, 0.2) is 0 Å². The summed E-state index contributed by atoms with van der Waals surface area (Å²) in [5.41, 5.74) is -1.05. The maximum atomic E-state index is 13.1. The maximum Gasteiger partial charge on any atom is 0.416 e. The first-order valence-electron chi connectivity index (χ1n) is 10.7. The number of halogens is 4. The molecule has 12 heteroatoms. The zero-order chi connectivity index (χ0) is 24.1. The third-order valence-electron chi connectivity index (χ3n) is 5.63. The lowest BCUT2D eigenvalue weighted by Gasteiger charge is -2.39. The summed E-state index contributed by atoms with van der Waals surface area (Å²) < 4.78 is 66.5. The van der Waals surface area contributed by atoms with Gasteiger partial charge in [0, 0.05) is 25.7 Å². The van der Waals surface area contributed by atoms with Gasteiger partial charge in [-0.05, 0) is 50.4 Å². The Labute approximate surface area is 199 Å². The Morgan fingerprint density at radius 2 is 1.88 bits per heavy atom. The second-order valence-corrected chi connectivity index (χ2v) is 10.3. The molecule has 1 aliphatic rings. The summed E-state index contributed by atoms with van der Waals surface area (Å²) in [5.74, 6) is 0.278. The molecule has 1 atom stereocenters. The first-order chi connectivity index (χ1) is 14.9. The van der Waals surface area contributed by atoms with E-state index in [-0.39, 0.29) is 30.9 Å². The van der Waals surface area contributed by atoms with E-state index < -0.39 is 39.3 Å². The van der Waals surface area contributed by atoms with E-state index in [1.165, 1.54) is 0 Å². The third kappa shape index (κ3) is 7.54. The smallest absolute Gasteiger partial charge is 0.395 e. The van der Waals surface area contributed by atoms with Gasteiger partial charge in [0.2, 0.25) is 15.9 Å². The third-order valence-corrected chi connectivity index (χ3v) is 7.57. The molecule has 2 N–H and O–H groups in total. The summed E-state index contributed by atoms with van der Waals surface area (Å²) >= 11 is 0. The molecule has 7 nitrogen and oxygen atoms in total. The van der Waals surface area contributed by atoms with Crippen LogP contribution in [0.5, 0.6) is 0 Å². The fraction of sp³-hybridized carbons (Fsp3) is 0.667. The van der Waals surface area contributed by atoms with E-state index in [0.29, 0.717) is 44.3 Å². The number of rotatable bonds is 9. The van der Waals surface area contributed by atoms with Crippen molar-refractivity contribution in [3.05, 3.63) is 29.8 Å². The second-order valence-electron chi connectivity index (χ2n) is 8.39. The van der Waals surface area contributed by atoms with Crippen LogP contribution in [0.1, 0.15) is 38.7 Å². The van der Waals surface area contributed by atoms with E-state index in [1.807, 2.05) is 13.8 Å². The molecule has 0 aliphatic carbocycles. The molecule has 0 spiro atoms. The quantitative estimate of drug-likeness (QED) is 0.528. The molecule has 1 fully saturated rings. The van der Waals surface area contributed by atoms with Gasteiger partial charge in [-0.3, -0.25) is 4.79 Å². The van der Waals surface area contributed by atoms with Crippen molar-refractivity contribution < 1.29 is 31.5 Å². The molecular weight excluding hydrogens is 483 g/mol. The lowest BCUT2D eigenvalue weighted by molar-refractivity contribution is -0.137. The van der Waals surface area contributed by atoms with Crippen LogP contribution in [0.2, 0.25) is 0 Å². The van der Waals surface area contributed by atoms with E-state index in [9.17, 15) is 31.5 Å². The first-order valence-corrected chi connectivity index (χ1v) is 12.1. The summed E-state index contributed by atoms with van der Waals surface area (Å²) in [4.78, 5) is 14.0. The molecule has 1 aliphatic heterocycles. The monoisotopic (exact) mass is 515 g/mol. The van der Waals surface area contributed by atoms with Gasteiger partial charge >= 0.3 is 6.18 Å². The molecule has 1 aromatic rings. The van der Waals surface area contributed by atoms with E-state index in [0.717, 1.165) is 22.5 Å². The van der Waals surface area contributed by atoms with E-state index in [2.05, 4.69) is 5.32 Å².